The van der Waals surface area contributed by atoms with Crippen LogP contribution in [0.3, 0.4) is 0 Å². The number of alkyl halides is 3. The molecular formula is C25H30F3N3O2S. The van der Waals surface area contributed by atoms with Crippen molar-refractivity contribution in [3.8, 4) is 0 Å². The van der Waals surface area contributed by atoms with Gasteiger partial charge in [0.05, 0.1) is 23.7 Å². The second-order valence-corrected chi connectivity index (χ2v) is 10.3. The average molecular weight is 494 g/mol. The molecule has 3 unspecified atom stereocenters. The molecule has 0 spiro atoms. The van der Waals surface area contributed by atoms with E-state index in [1.807, 2.05) is 30.2 Å². The first-order chi connectivity index (χ1) is 16.0. The molecule has 2 aromatic rings. The maximum absolute atomic E-state index is 13.8. The number of piperazine rings is 1. The Balaban J connectivity index is 1.65. The van der Waals surface area contributed by atoms with Crippen LogP contribution in [0.4, 0.5) is 18.0 Å². The third-order valence-corrected chi connectivity index (χ3v) is 8.10. The van der Waals surface area contributed by atoms with Crippen LogP contribution in [0, 0.1) is 6.92 Å². The third kappa shape index (κ3) is 4.42. The van der Waals surface area contributed by atoms with E-state index >= 15 is 0 Å². The minimum atomic E-state index is -4.45. The van der Waals surface area contributed by atoms with Gasteiger partial charge in [0, 0.05) is 31.4 Å². The predicted octanol–water partition coefficient (Wildman–Crippen LogP) is 5.80. The average Bonchev–Trinajstić information content (AvgIpc) is 3.41. The van der Waals surface area contributed by atoms with Crippen LogP contribution in [0.5, 0.6) is 0 Å². The highest BCUT2D eigenvalue weighted by Gasteiger charge is 2.46. The van der Waals surface area contributed by atoms with E-state index in [4.69, 9.17) is 0 Å². The van der Waals surface area contributed by atoms with E-state index in [0.29, 0.717) is 43.5 Å². The normalized spacial score (nSPS) is 21.6. The maximum Gasteiger partial charge on any atom is 0.416 e. The largest absolute Gasteiger partial charge is 0.416 e. The number of halogens is 3. The number of hydrogen-bond donors (Lipinski definition) is 0. The Bertz CT molecular complexity index is 1080. The molecule has 0 N–H and O–H groups in total. The van der Waals surface area contributed by atoms with Crippen molar-refractivity contribution in [2.75, 3.05) is 20.1 Å². The van der Waals surface area contributed by atoms with E-state index in [9.17, 15) is 22.8 Å². The van der Waals surface area contributed by atoms with Gasteiger partial charge in [-0.2, -0.15) is 13.2 Å². The predicted molar refractivity (Wildman–Crippen MR) is 126 cm³/mol. The molecule has 3 atom stereocenters. The molecule has 2 fully saturated rings. The molecule has 4 rings (SSSR count). The summed E-state index contributed by atoms with van der Waals surface area (Å²) in [6.45, 7) is 6.45. The lowest BCUT2D eigenvalue weighted by atomic mass is 9.94. The summed E-state index contributed by atoms with van der Waals surface area (Å²) < 4.78 is 40.4. The van der Waals surface area contributed by atoms with Crippen molar-refractivity contribution in [2.24, 2.45) is 0 Å². The van der Waals surface area contributed by atoms with Crippen LogP contribution in [0.15, 0.2) is 29.6 Å². The van der Waals surface area contributed by atoms with Crippen LogP contribution in [-0.2, 0) is 17.4 Å². The summed E-state index contributed by atoms with van der Waals surface area (Å²) in [6, 6.07) is 4.94. The second kappa shape index (κ2) is 9.24. The lowest BCUT2D eigenvalue weighted by Crippen LogP contribution is -2.57. The highest BCUT2D eigenvalue weighted by atomic mass is 32.1. The zero-order valence-electron chi connectivity index (χ0n) is 19.9. The molecule has 1 aromatic heterocycles. The molecule has 9 heteroatoms. The zero-order chi connectivity index (χ0) is 24.8. The van der Waals surface area contributed by atoms with E-state index in [1.54, 1.807) is 36.3 Å². The van der Waals surface area contributed by atoms with Gasteiger partial charge >= 0.3 is 12.2 Å². The molecule has 2 saturated heterocycles. The van der Waals surface area contributed by atoms with Gasteiger partial charge in [0.15, 0.2) is 0 Å². The SMILES string of the molecule is CCc1cc(C(C)N(C)C(=O)N2CCN3C(=O)CCC3C2c2ccsc2C)cc(C(F)(F)F)c1. The fourth-order valence-electron chi connectivity index (χ4n) is 5.15. The number of hydrogen-bond acceptors (Lipinski definition) is 3. The summed E-state index contributed by atoms with van der Waals surface area (Å²) in [6.07, 6.45) is -2.81. The summed E-state index contributed by atoms with van der Waals surface area (Å²) in [4.78, 5) is 32.5. The van der Waals surface area contributed by atoms with Gasteiger partial charge in [0.1, 0.15) is 0 Å². The number of thiophene rings is 1. The molecule has 3 heterocycles. The number of nitrogens with zero attached hydrogens (tertiary/aromatic N) is 3. The second-order valence-electron chi connectivity index (χ2n) is 9.15. The van der Waals surface area contributed by atoms with E-state index in [-0.39, 0.29) is 24.0 Å². The van der Waals surface area contributed by atoms with E-state index < -0.39 is 17.8 Å². The first-order valence-corrected chi connectivity index (χ1v) is 12.5. The maximum atomic E-state index is 13.8. The fraction of sp³-hybridized carbons (Fsp3) is 0.520. The molecule has 1 aromatic carbocycles. The van der Waals surface area contributed by atoms with Crippen molar-refractivity contribution < 1.29 is 22.8 Å². The van der Waals surface area contributed by atoms with Crippen molar-refractivity contribution >= 4 is 23.3 Å². The Labute approximate surface area is 202 Å². The quantitative estimate of drug-likeness (QED) is 0.541. The number of urea groups is 1. The van der Waals surface area contributed by atoms with Gasteiger partial charge in [0.25, 0.3) is 0 Å². The van der Waals surface area contributed by atoms with Crippen LogP contribution in [0.2, 0.25) is 0 Å². The lowest BCUT2D eigenvalue weighted by molar-refractivity contribution is -0.137. The topological polar surface area (TPSA) is 43.9 Å². The molecular weight excluding hydrogens is 463 g/mol. The number of fused-ring (bicyclic) bond motifs is 1. The number of aryl methyl sites for hydroxylation is 2. The van der Waals surface area contributed by atoms with Crippen LogP contribution in [0.1, 0.15) is 65.9 Å². The number of amides is 3. The first kappa shape index (κ1) is 24.6. The van der Waals surface area contributed by atoms with Crippen LogP contribution in [-0.4, -0.2) is 52.8 Å². The molecule has 0 saturated carbocycles. The number of benzene rings is 1. The molecule has 2 aliphatic heterocycles. The molecule has 2 aliphatic rings. The lowest BCUT2D eigenvalue weighted by Gasteiger charge is -2.46. The summed E-state index contributed by atoms with van der Waals surface area (Å²) in [5.74, 6) is 0.118. The van der Waals surface area contributed by atoms with Gasteiger partial charge < -0.3 is 14.7 Å². The molecule has 0 aliphatic carbocycles. The van der Waals surface area contributed by atoms with Gasteiger partial charge in [-0.1, -0.05) is 13.0 Å². The van der Waals surface area contributed by atoms with Crippen molar-refractivity contribution in [1.82, 2.24) is 14.7 Å². The molecule has 0 bridgehead atoms. The van der Waals surface area contributed by atoms with Gasteiger partial charge in [-0.3, -0.25) is 4.79 Å². The molecule has 184 valence electrons. The summed E-state index contributed by atoms with van der Waals surface area (Å²) in [5.41, 5.74) is 1.39. The fourth-order valence-corrected chi connectivity index (χ4v) is 5.89. The number of carbonyl (C=O) groups excluding carboxylic acids is 2. The van der Waals surface area contributed by atoms with Crippen LogP contribution >= 0.6 is 11.3 Å². The highest BCUT2D eigenvalue weighted by molar-refractivity contribution is 7.10. The van der Waals surface area contributed by atoms with Gasteiger partial charge in [-0.25, -0.2) is 4.79 Å². The van der Waals surface area contributed by atoms with Crippen molar-refractivity contribution in [1.29, 1.82) is 0 Å². The Morgan fingerprint density at radius 3 is 2.62 bits per heavy atom. The Morgan fingerprint density at radius 1 is 1.26 bits per heavy atom. The molecule has 34 heavy (non-hydrogen) atoms. The van der Waals surface area contributed by atoms with Crippen LogP contribution < -0.4 is 0 Å². The first-order valence-electron chi connectivity index (χ1n) is 11.6. The van der Waals surface area contributed by atoms with Crippen molar-refractivity contribution in [2.45, 2.75) is 64.3 Å². The number of carbonyl (C=O) groups is 2. The molecule has 0 radical (unpaired) electrons. The smallest absolute Gasteiger partial charge is 0.335 e. The summed E-state index contributed by atoms with van der Waals surface area (Å²) in [5, 5.41) is 1.99. The van der Waals surface area contributed by atoms with Gasteiger partial charge in [-0.05, 0) is 67.0 Å². The molecule has 5 nitrogen and oxygen atoms in total. The van der Waals surface area contributed by atoms with E-state index in [0.717, 1.165) is 16.5 Å². The summed E-state index contributed by atoms with van der Waals surface area (Å²) >= 11 is 1.60. The Hall–Kier alpha value is -2.55. The summed E-state index contributed by atoms with van der Waals surface area (Å²) in [7, 11) is 1.64. The monoisotopic (exact) mass is 493 g/mol. The van der Waals surface area contributed by atoms with E-state index in [2.05, 4.69) is 0 Å². The Morgan fingerprint density at radius 2 is 2.00 bits per heavy atom. The van der Waals surface area contributed by atoms with Crippen molar-refractivity contribution in [3.63, 3.8) is 0 Å². The minimum Gasteiger partial charge on any atom is -0.335 e. The number of rotatable bonds is 4. The van der Waals surface area contributed by atoms with Crippen molar-refractivity contribution in [3.05, 3.63) is 56.8 Å². The Kier molecular flexibility index (Phi) is 6.68. The van der Waals surface area contributed by atoms with Gasteiger partial charge in [-0.15, -0.1) is 11.3 Å². The van der Waals surface area contributed by atoms with E-state index in [1.165, 1.54) is 11.0 Å². The third-order valence-electron chi connectivity index (χ3n) is 7.24. The highest BCUT2D eigenvalue weighted by Crippen LogP contribution is 2.41. The zero-order valence-corrected chi connectivity index (χ0v) is 20.7. The standard InChI is InChI=1S/C25H30F3N3O2S/c1-5-17-12-18(14-19(13-17)25(26,27)28)15(2)29(4)24(33)31-10-9-30-21(6-7-22(30)32)23(31)20-8-11-34-16(20)3/h8,11-15,21,23H,5-7,9-10H2,1-4H3. The van der Waals surface area contributed by atoms with Crippen LogP contribution in [0.25, 0.3) is 0 Å². The van der Waals surface area contributed by atoms with Gasteiger partial charge in [0.2, 0.25) is 5.91 Å². The molecule has 3 amide bonds. The minimum absolute atomic E-state index is 0.0811.